The SMILES string of the molecule is Cc1[nH]c2ccccc2c1C(=O)C(C)OC(=O)c1ccc(F)c(F)c1. The van der Waals surface area contributed by atoms with Crippen LogP contribution in [0.3, 0.4) is 0 Å². The zero-order chi connectivity index (χ0) is 18.1. The molecule has 1 unspecified atom stereocenters. The van der Waals surface area contributed by atoms with E-state index in [0.29, 0.717) is 11.3 Å². The summed E-state index contributed by atoms with van der Waals surface area (Å²) in [5.74, 6) is -3.47. The number of nitrogens with one attached hydrogen (secondary N) is 1. The quantitative estimate of drug-likeness (QED) is 0.571. The summed E-state index contributed by atoms with van der Waals surface area (Å²) >= 11 is 0. The normalized spacial score (nSPS) is 12.2. The molecular weight excluding hydrogens is 328 g/mol. The topological polar surface area (TPSA) is 59.2 Å². The Kier molecular flexibility index (Phi) is 4.35. The first-order valence-corrected chi connectivity index (χ1v) is 7.66. The molecule has 3 aromatic rings. The molecule has 0 saturated heterocycles. The molecule has 1 heterocycles. The van der Waals surface area contributed by atoms with Gasteiger partial charge < -0.3 is 9.72 Å². The van der Waals surface area contributed by atoms with Crippen LogP contribution in [0.5, 0.6) is 0 Å². The van der Waals surface area contributed by atoms with Crippen molar-refractivity contribution in [2.75, 3.05) is 0 Å². The van der Waals surface area contributed by atoms with Crippen LogP contribution in [0.15, 0.2) is 42.5 Å². The van der Waals surface area contributed by atoms with E-state index in [4.69, 9.17) is 4.74 Å². The van der Waals surface area contributed by atoms with Gasteiger partial charge in [-0.2, -0.15) is 0 Å². The first-order valence-electron chi connectivity index (χ1n) is 7.66. The van der Waals surface area contributed by atoms with Crippen molar-refractivity contribution in [3.8, 4) is 0 Å². The fourth-order valence-corrected chi connectivity index (χ4v) is 2.70. The Hall–Kier alpha value is -3.02. The maximum atomic E-state index is 13.2. The van der Waals surface area contributed by atoms with Gasteiger partial charge in [-0.25, -0.2) is 13.6 Å². The Balaban J connectivity index is 1.83. The number of carbonyl (C=O) groups is 2. The number of H-pyrrole nitrogens is 1. The predicted octanol–water partition coefficient (Wildman–Crippen LogP) is 4.18. The molecule has 1 atom stereocenters. The van der Waals surface area contributed by atoms with Gasteiger partial charge in [-0.3, -0.25) is 4.79 Å². The van der Waals surface area contributed by atoms with E-state index < -0.39 is 23.7 Å². The lowest BCUT2D eigenvalue weighted by atomic mass is 10.0. The van der Waals surface area contributed by atoms with Crippen molar-refractivity contribution in [3.63, 3.8) is 0 Å². The molecule has 0 radical (unpaired) electrons. The average Bonchev–Trinajstić information content (AvgIpc) is 2.92. The van der Waals surface area contributed by atoms with Crippen LogP contribution in [-0.4, -0.2) is 22.8 Å². The van der Waals surface area contributed by atoms with Crippen molar-refractivity contribution in [3.05, 3.63) is 70.9 Å². The lowest BCUT2D eigenvalue weighted by Crippen LogP contribution is -2.25. The second-order valence-electron chi connectivity index (χ2n) is 5.71. The average molecular weight is 343 g/mol. The van der Waals surface area contributed by atoms with Gasteiger partial charge in [0.1, 0.15) is 0 Å². The summed E-state index contributed by atoms with van der Waals surface area (Å²) in [5, 5.41) is 0.737. The minimum absolute atomic E-state index is 0.158. The standard InChI is InChI=1S/C19H15F2NO3/c1-10-17(13-5-3-4-6-16(13)22-10)18(23)11(2)25-19(24)12-7-8-14(20)15(21)9-12/h3-9,11,22H,1-2H3. The Labute approximate surface area is 142 Å². The summed E-state index contributed by atoms with van der Waals surface area (Å²) in [4.78, 5) is 27.9. The number of rotatable bonds is 4. The molecule has 3 rings (SSSR count). The molecule has 0 spiro atoms. The van der Waals surface area contributed by atoms with E-state index in [0.717, 1.165) is 29.1 Å². The fourth-order valence-electron chi connectivity index (χ4n) is 2.70. The van der Waals surface area contributed by atoms with Gasteiger partial charge in [0.05, 0.1) is 5.56 Å². The van der Waals surface area contributed by atoms with E-state index >= 15 is 0 Å². The number of hydrogen-bond acceptors (Lipinski definition) is 3. The lowest BCUT2D eigenvalue weighted by Gasteiger charge is -2.13. The Morgan fingerprint density at radius 3 is 2.52 bits per heavy atom. The third-order valence-electron chi connectivity index (χ3n) is 3.95. The number of aryl methyl sites for hydroxylation is 1. The van der Waals surface area contributed by atoms with E-state index in [9.17, 15) is 18.4 Å². The molecule has 1 N–H and O–H groups in total. The van der Waals surface area contributed by atoms with Gasteiger partial charge in [0.15, 0.2) is 17.7 Å². The number of ether oxygens (including phenoxy) is 1. The fraction of sp³-hybridized carbons (Fsp3) is 0.158. The molecule has 128 valence electrons. The molecule has 0 aliphatic rings. The number of para-hydroxylation sites is 1. The van der Waals surface area contributed by atoms with Gasteiger partial charge in [-0.05, 0) is 38.1 Å². The summed E-state index contributed by atoms with van der Waals surface area (Å²) in [5.41, 5.74) is 1.76. The molecular formula is C19H15F2NO3. The Morgan fingerprint density at radius 1 is 1.08 bits per heavy atom. The lowest BCUT2D eigenvalue weighted by molar-refractivity contribution is 0.0318. The van der Waals surface area contributed by atoms with Crippen LogP contribution >= 0.6 is 0 Å². The van der Waals surface area contributed by atoms with Crippen molar-refractivity contribution in [2.45, 2.75) is 20.0 Å². The second kappa shape index (κ2) is 6.47. The van der Waals surface area contributed by atoms with Crippen molar-refractivity contribution >= 4 is 22.7 Å². The van der Waals surface area contributed by atoms with Gasteiger partial charge in [0, 0.05) is 22.2 Å². The highest BCUT2D eigenvalue weighted by Gasteiger charge is 2.25. The molecule has 1 aromatic heterocycles. The maximum absolute atomic E-state index is 13.2. The molecule has 0 fully saturated rings. The predicted molar refractivity (Wildman–Crippen MR) is 88.6 cm³/mol. The van der Waals surface area contributed by atoms with Crippen LogP contribution in [0.1, 0.15) is 33.3 Å². The number of benzene rings is 2. The first-order chi connectivity index (χ1) is 11.9. The smallest absolute Gasteiger partial charge is 0.338 e. The number of halogens is 2. The Bertz CT molecular complexity index is 978. The highest BCUT2D eigenvalue weighted by Crippen LogP contribution is 2.24. The van der Waals surface area contributed by atoms with E-state index in [1.165, 1.54) is 6.92 Å². The third-order valence-corrected chi connectivity index (χ3v) is 3.95. The third kappa shape index (κ3) is 3.15. The molecule has 0 amide bonds. The zero-order valence-electron chi connectivity index (χ0n) is 13.6. The molecule has 25 heavy (non-hydrogen) atoms. The highest BCUT2D eigenvalue weighted by molar-refractivity contribution is 6.11. The van der Waals surface area contributed by atoms with Gasteiger partial charge in [-0.15, -0.1) is 0 Å². The van der Waals surface area contributed by atoms with Crippen LogP contribution in [0.25, 0.3) is 10.9 Å². The van der Waals surface area contributed by atoms with Gasteiger partial charge in [0.2, 0.25) is 5.78 Å². The monoisotopic (exact) mass is 343 g/mol. The molecule has 0 aliphatic carbocycles. The van der Waals surface area contributed by atoms with Gasteiger partial charge >= 0.3 is 5.97 Å². The minimum Gasteiger partial charge on any atom is -0.451 e. The number of ketones is 1. The van der Waals surface area contributed by atoms with E-state index in [2.05, 4.69) is 4.98 Å². The van der Waals surface area contributed by atoms with Crippen LogP contribution in [-0.2, 0) is 4.74 Å². The van der Waals surface area contributed by atoms with Crippen LogP contribution < -0.4 is 0 Å². The van der Waals surface area contributed by atoms with Crippen molar-refractivity contribution in [1.82, 2.24) is 4.98 Å². The number of aromatic nitrogens is 1. The minimum atomic E-state index is -1.15. The summed E-state index contributed by atoms with van der Waals surface area (Å²) in [6, 6.07) is 9.99. The van der Waals surface area contributed by atoms with Crippen LogP contribution in [0, 0.1) is 18.6 Å². The zero-order valence-corrected chi connectivity index (χ0v) is 13.6. The van der Waals surface area contributed by atoms with Crippen LogP contribution in [0.4, 0.5) is 8.78 Å². The first kappa shape index (κ1) is 16.8. The van der Waals surface area contributed by atoms with Crippen molar-refractivity contribution in [2.24, 2.45) is 0 Å². The molecule has 0 saturated carbocycles. The van der Waals surface area contributed by atoms with Crippen LogP contribution in [0.2, 0.25) is 0 Å². The number of Topliss-reactive ketones (excluding diaryl/α,β-unsaturated/α-hetero) is 1. The van der Waals surface area contributed by atoms with E-state index in [-0.39, 0.29) is 11.3 Å². The number of carbonyl (C=O) groups excluding carboxylic acids is 2. The summed E-state index contributed by atoms with van der Waals surface area (Å²) in [6.07, 6.45) is -1.07. The molecule has 0 bridgehead atoms. The summed E-state index contributed by atoms with van der Waals surface area (Å²) in [6.45, 7) is 3.21. The van der Waals surface area contributed by atoms with Crippen molar-refractivity contribution in [1.29, 1.82) is 0 Å². The number of hydrogen-bond donors (Lipinski definition) is 1. The van der Waals surface area contributed by atoms with Gasteiger partial charge in [-0.1, -0.05) is 18.2 Å². The number of aromatic amines is 1. The second-order valence-corrected chi connectivity index (χ2v) is 5.71. The number of esters is 1. The Morgan fingerprint density at radius 2 is 1.80 bits per heavy atom. The molecule has 0 aliphatic heterocycles. The van der Waals surface area contributed by atoms with E-state index in [1.807, 2.05) is 18.2 Å². The summed E-state index contributed by atoms with van der Waals surface area (Å²) < 4.78 is 31.3. The maximum Gasteiger partial charge on any atom is 0.338 e. The molecule has 4 nitrogen and oxygen atoms in total. The molecule has 6 heteroatoms. The largest absolute Gasteiger partial charge is 0.451 e. The number of fused-ring (bicyclic) bond motifs is 1. The summed E-state index contributed by atoms with van der Waals surface area (Å²) in [7, 11) is 0. The highest BCUT2D eigenvalue weighted by atomic mass is 19.2. The van der Waals surface area contributed by atoms with E-state index in [1.54, 1.807) is 13.0 Å². The molecule has 2 aromatic carbocycles. The van der Waals surface area contributed by atoms with Crippen molar-refractivity contribution < 1.29 is 23.1 Å². The van der Waals surface area contributed by atoms with Gasteiger partial charge in [0.25, 0.3) is 0 Å².